The topological polar surface area (TPSA) is 35.8 Å². The van der Waals surface area contributed by atoms with Crippen molar-refractivity contribution >= 4 is 40.8 Å². The minimum absolute atomic E-state index is 0.250. The zero-order chi connectivity index (χ0) is 15.8. The van der Waals surface area contributed by atoms with Gasteiger partial charge in [-0.1, -0.05) is 0 Å². The van der Waals surface area contributed by atoms with Crippen LogP contribution in [-0.2, 0) is 0 Å². The Balaban J connectivity index is 2.06. The number of benzene rings is 2. The molecule has 0 bridgehead atoms. The Hall–Kier alpha value is -1.71. The second-order valence-corrected chi connectivity index (χ2v) is 5.49. The summed E-state index contributed by atoms with van der Waals surface area (Å²) < 4.78 is 0. The van der Waals surface area contributed by atoms with Crippen molar-refractivity contribution in [3.8, 4) is 5.75 Å². The maximum absolute atomic E-state index is 9.24. The third kappa shape index (κ3) is 4.93. The van der Waals surface area contributed by atoms with Gasteiger partial charge in [0.05, 0.1) is 5.69 Å². The first-order valence-corrected chi connectivity index (χ1v) is 8.10. The molecule has 0 spiro atoms. The summed E-state index contributed by atoms with van der Waals surface area (Å²) in [5.74, 6) is 1.38. The number of hydrogen-bond donors (Lipinski definition) is 1. The monoisotopic (exact) mass is 336 g/mol. The number of alkyl halides is 2. The molecule has 2 rings (SSSR count). The van der Waals surface area contributed by atoms with E-state index in [4.69, 9.17) is 23.2 Å². The molecular weight excluding hydrogens is 319 g/mol. The summed E-state index contributed by atoms with van der Waals surface area (Å²) in [5, 5.41) is 9.24. The summed E-state index contributed by atoms with van der Waals surface area (Å²) in [7, 11) is 0. The lowest BCUT2D eigenvalue weighted by molar-refractivity contribution is 0.475. The quantitative estimate of drug-likeness (QED) is 0.599. The maximum atomic E-state index is 9.24. The van der Waals surface area contributed by atoms with Crippen LogP contribution in [0, 0.1) is 0 Å². The molecule has 0 saturated heterocycles. The molecule has 22 heavy (non-hydrogen) atoms. The summed E-state index contributed by atoms with van der Waals surface area (Å²) >= 11 is 11.6. The van der Waals surface area contributed by atoms with Crippen LogP contribution in [0.15, 0.2) is 53.5 Å². The van der Waals surface area contributed by atoms with Crippen molar-refractivity contribution in [1.29, 1.82) is 0 Å². The van der Waals surface area contributed by atoms with Gasteiger partial charge in [0.2, 0.25) is 0 Å². The lowest BCUT2D eigenvalue weighted by atomic mass is 10.2. The molecule has 0 aliphatic heterocycles. The van der Waals surface area contributed by atoms with Crippen molar-refractivity contribution in [2.24, 2.45) is 4.99 Å². The standard InChI is InChI=1S/C17H18Cl2N2O/c18-9-11-21(12-10-19)16-5-3-15(4-6-16)20-13-14-1-7-17(22)8-2-14/h1-8,13,22H,9-12H2. The second-order valence-electron chi connectivity index (χ2n) is 4.73. The van der Waals surface area contributed by atoms with E-state index < -0.39 is 0 Å². The SMILES string of the molecule is Oc1ccc(C=Nc2ccc(N(CCCl)CCCl)cc2)cc1. The smallest absolute Gasteiger partial charge is 0.115 e. The van der Waals surface area contributed by atoms with Crippen molar-refractivity contribution in [3.63, 3.8) is 0 Å². The number of halogens is 2. The van der Waals surface area contributed by atoms with Crippen molar-refractivity contribution in [2.75, 3.05) is 29.7 Å². The van der Waals surface area contributed by atoms with Gasteiger partial charge in [-0.2, -0.15) is 0 Å². The number of anilines is 1. The van der Waals surface area contributed by atoms with Crippen LogP contribution in [0.3, 0.4) is 0 Å². The molecule has 5 heteroatoms. The van der Waals surface area contributed by atoms with Crippen LogP contribution in [0.5, 0.6) is 5.75 Å². The first-order chi connectivity index (χ1) is 10.7. The fourth-order valence-corrected chi connectivity index (χ4v) is 2.44. The maximum Gasteiger partial charge on any atom is 0.115 e. The molecule has 0 saturated carbocycles. The molecule has 0 amide bonds. The number of nitrogens with zero attached hydrogens (tertiary/aromatic N) is 2. The largest absolute Gasteiger partial charge is 0.508 e. The van der Waals surface area contributed by atoms with Crippen LogP contribution < -0.4 is 4.90 Å². The Morgan fingerprint density at radius 1 is 0.909 bits per heavy atom. The molecule has 0 fully saturated rings. The van der Waals surface area contributed by atoms with E-state index in [0.29, 0.717) is 11.8 Å². The molecule has 0 radical (unpaired) electrons. The lowest BCUT2D eigenvalue weighted by Gasteiger charge is -2.22. The summed E-state index contributed by atoms with van der Waals surface area (Å²) in [6.45, 7) is 1.54. The predicted octanol–water partition coefficient (Wildman–Crippen LogP) is 4.43. The van der Waals surface area contributed by atoms with Gasteiger partial charge in [-0.25, -0.2) is 0 Å². The Bertz CT molecular complexity index is 591. The van der Waals surface area contributed by atoms with E-state index in [0.717, 1.165) is 30.0 Å². The van der Waals surface area contributed by atoms with Crippen molar-refractivity contribution in [2.45, 2.75) is 0 Å². The number of rotatable bonds is 7. The van der Waals surface area contributed by atoms with Gasteiger partial charge >= 0.3 is 0 Å². The minimum Gasteiger partial charge on any atom is -0.508 e. The van der Waals surface area contributed by atoms with Crippen molar-refractivity contribution < 1.29 is 5.11 Å². The lowest BCUT2D eigenvalue weighted by Crippen LogP contribution is -2.27. The average Bonchev–Trinajstić information content (AvgIpc) is 2.55. The predicted molar refractivity (Wildman–Crippen MR) is 95.5 cm³/mol. The molecule has 116 valence electrons. The van der Waals surface area contributed by atoms with Crippen LogP contribution in [0.1, 0.15) is 5.56 Å². The molecule has 1 N–H and O–H groups in total. The van der Waals surface area contributed by atoms with Crippen molar-refractivity contribution in [3.05, 3.63) is 54.1 Å². The Labute approximate surface area is 140 Å². The Kier molecular flexibility index (Phi) is 6.56. The molecule has 0 atom stereocenters. The number of aliphatic imine (C=N–C) groups is 1. The van der Waals surface area contributed by atoms with Gasteiger partial charge in [-0.15, -0.1) is 23.2 Å². The number of phenols is 1. The highest BCUT2D eigenvalue weighted by atomic mass is 35.5. The van der Waals surface area contributed by atoms with E-state index in [1.165, 1.54) is 0 Å². The molecule has 2 aromatic rings. The second kappa shape index (κ2) is 8.66. The fourth-order valence-electron chi connectivity index (χ4n) is 2.03. The van der Waals surface area contributed by atoms with Crippen LogP contribution in [0.4, 0.5) is 11.4 Å². The first kappa shape index (κ1) is 16.7. The molecule has 0 unspecified atom stereocenters. The minimum atomic E-state index is 0.250. The molecular formula is C17H18Cl2N2O. The summed E-state index contributed by atoms with van der Waals surface area (Å²) in [6.07, 6.45) is 1.77. The van der Waals surface area contributed by atoms with Gasteiger partial charge in [-0.3, -0.25) is 4.99 Å². The van der Waals surface area contributed by atoms with Crippen LogP contribution in [0.25, 0.3) is 0 Å². The molecule has 2 aromatic carbocycles. The molecule has 0 aromatic heterocycles. The summed E-state index contributed by atoms with van der Waals surface area (Å²) in [6, 6.07) is 14.9. The molecule has 0 heterocycles. The Morgan fingerprint density at radius 2 is 1.50 bits per heavy atom. The molecule has 0 aliphatic rings. The third-order valence-electron chi connectivity index (χ3n) is 3.18. The van der Waals surface area contributed by atoms with Gasteiger partial charge in [0.15, 0.2) is 0 Å². The van der Waals surface area contributed by atoms with Gasteiger partial charge in [0.25, 0.3) is 0 Å². The molecule has 0 aliphatic carbocycles. The highest BCUT2D eigenvalue weighted by Crippen LogP contribution is 2.20. The highest BCUT2D eigenvalue weighted by molar-refractivity contribution is 6.18. The van der Waals surface area contributed by atoms with Crippen LogP contribution in [0.2, 0.25) is 0 Å². The van der Waals surface area contributed by atoms with Crippen molar-refractivity contribution in [1.82, 2.24) is 0 Å². The number of phenolic OH excluding ortho intramolecular Hbond substituents is 1. The number of aromatic hydroxyl groups is 1. The fraction of sp³-hybridized carbons (Fsp3) is 0.235. The first-order valence-electron chi connectivity index (χ1n) is 7.03. The normalized spacial score (nSPS) is 11.0. The van der Waals surface area contributed by atoms with Gasteiger partial charge in [-0.05, 0) is 54.1 Å². The molecule has 3 nitrogen and oxygen atoms in total. The van der Waals surface area contributed by atoms with Crippen LogP contribution >= 0.6 is 23.2 Å². The van der Waals surface area contributed by atoms with E-state index in [2.05, 4.69) is 9.89 Å². The highest BCUT2D eigenvalue weighted by Gasteiger charge is 2.04. The van der Waals surface area contributed by atoms with Gasteiger partial charge in [0, 0.05) is 36.8 Å². The number of hydrogen-bond acceptors (Lipinski definition) is 3. The Morgan fingerprint density at radius 3 is 2.05 bits per heavy atom. The van der Waals surface area contributed by atoms with E-state index in [9.17, 15) is 5.11 Å². The van der Waals surface area contributed by atoms with E-state index in [1.807, 2.05) is 36.4 Å². The van der Waals surface area contributed by atoms with E-state index in [-0.39, 0.29) is 5.75 Å². The van der Waals surface area contributed by atoms with E-state index in [1.54, 1.807) is 18.3 Å². The summed E-state index contributed by atoms with van der Waals surface area (Å²) in [5.41, 5.74) is 2.89. The van der Waals surface area contributed by atoms with Crippen LogP contribution in [-0.4, -0.2) is 36.2 Å². The third-order valence-corrected chi connectivity index (χ3v) is 3.52. The average molecular weight is 337 g/mol. The zero-order valence-electron chi connectivity index (χ0n) is 12.1. The summed E-state index contributed by atoms with van der Waals surface area (Å²) in [4.78, 5) is 6.57. The van der Waals surface area contributed by atoms with E-state index >= 15 is 0 Å². The van der Waals surface area contributed by atoms with Gasteiger partial charge < -0.3 is 10.0 Å². The zero-order valence-corrected chi connectivity index (χ0v) is 13.6. The van der Waals surface area contributed by atoms with Gasteiger partial charge in [0.1, 0.15) is 5.75 Å².